The highest BCUT2D eigenvalue weighted by molar-refractivity contribution is 6.21. The van der Waals surface area contributed by atoms with Crippen LogP contribution in [0, 0.1) is 0 Å². The smallest absolute Gasteiger partial charge is 0.0664 e. The normalized spacial score (nSPS) is 28.0. The second kappa shape index (κ2) is 8.25. The summed E-state index contributed by atoms with van der Waals surface area (Å²) in [7, 11) is 0. The van der Waals surface area contributed by atoms with Gasteiger partial charge in [-0.2, -0.15) is 0 Å². The molecule has 0 bridgehead atoms. The highest BCUT2D eigenvalue weighted by Gasteiger charge is 2.31. The average molecular weight is 336 g/mol. The van der Waals surface area contributed by atoms with Gasteiger partial charge in [-0.1, -0.05) is 44.2 Å². The van der Waals surface area contributed by atoms with Crippen LogP contribution in [0.25, 0.3) is 0 Å². The Kier molecular flexibility index (Phi) is 6.07. The third-order valence-corrected chi connectivity index (χ3v) is 5.91. The third kappa shape index (κ3) is 4.54. The average Bonchev–Trinajstić information content (AvgIpc) is 2.51. The van der Waals surface area contributed by atoms with E-state index in [0.717, 1.165) is 36.9 Å². The SMILES string of the molecule is Nc1ccccc1NC1CCN(C2CCCCCCC2)CC1Cl. The molecule has 2 unspecified atom stereocenters. The highest BCUT2D eigenvalue weighted by Crippen LogP contribution is 2.28. The molecule has 0 aromatic heterocycles. The molecule has 3 nitrogen and oxygen atoms in total. The number of anilines is 2. The Bertz CT molecular complexity index is 485. The van der Waals surface area contributed by atoms with Gasteiger partial charge in [0.2, 0.25) is 0 Å². The molecule has 1 heterocycles. The Labute approximate surface area is 145 Å². The lowest BCUT2D eigenvalue weighted by atomic mass is 9.93. The van der Waals surface area contributed by atoms with Gasteiger partial charge in [0, 0.05) is 25.2 Å². The predicted octanol–water partition coefficient (Wildman–Crippen LogP) is 4.48. The van der Waals surface area contributed by atoms with Gasteiger partial charge in [-0.15, -0.1) is 11.6 Å². The number of nitrogen functional groups attached to an aromatic ring is 1. The molecule has 0 spiro atoms. The summed E-state index contributed by atoms with van der Waals surface area (Å²) in [5.41, 5.74) is 7.86. The van der Waals surface area contributed by atoms with Crippen molar-refractivity contribution >= 4 is 23.0 Å². The molecule has 1 aliphatic heterocycles. The molecular formula is C19H30ClN3. The summed E-state index contributed by atoms with van der Waals surface area (Å²) in [6.45, 7) is 2.15. The highest BCUT2D eigenvalue weighted by atomic mass is 35.5. The maximum Gasteiger partial charge on any atom is 0.0664 e. The first kappa shape index (κ1) is 16.9. The van der Waals surface area contributed by atoms with Crippen LogP contribution in [0.5, 0.6) is 0 Å². The number of hydrogen-bond acceptors (Lipinski definition) is 3. The van der Waals surface area contributed by atoms with Gasteiger partial charge in [0.25, 0.3) is 0 Å². The monoisotopic (exact) mass is 335 g/mol. The lowest BCUT2D eigenvalue weighted by molar-refractivity contribution is 0.136. The van der Waals surface area contributed by atoms with Crippen LogP contribution in [0.3, 0.4) is 0 Å². The zero-order valence-corrected chi connectivity index (χ0v) is 14.8. The number of nitrogens with two attached hydrogens (primary N) is 1. The topological polar surface area (TPSA) is 41.3 Å². The number of likely N-dealkylation sites (tertiary alicyclic amines) is 1. The van der Waals surface area contributed by atoms with Crippen molar-refractivity contribution < 1.29 is 0 Å². The van der Waals surface area contributed by atoms with Crippen molar-refractivity contribution in [3.05, 3.63) is 24.3 Å². The lowest BCUT2D eigenvalue weighted by Crippen LogP contribution is -2.51. The molecule has 3 rings (SSSR count). The summed E-state index contributed by atoms with van der Waals surface area (Å²) in [5, 5.41) is 3.71. The van der Waals surface area contributed by atoms with E-state index in [9.17, 15) is 0 Å². The summed E-state index contributed by atoms with van der Waals surface area (Å²) >= 11 is 6.73. The second-order valence-corrected chi connectivity index (χ2v) is 7.70. The zero-order chi connectivity index (χ0) is 16.1. The van der Waals surface area contributed by atoms with E-state index >= 15 is 0 Å². The number of halogens is 1. The Morgan fingerprint density at radius 3 is 2.39 bits per heavy atom. The quantitative estimate of drug-likeness (QED) is 0.632. The van der Waals surface area contributed by atoms with Gasteiger partial charge in [0.1, 0.15) is 0 Å². The van der Waals surface area contributed by atoms with Crippen molar-refractivity contribution in [1.82, 2.24) is 4.90 Å². The van der Waals surface area contributed by atoms with E-state index in [-0.39, 0.29) is 5.38 Å². The van der Waals surface area contributed by atoms with Crippen LogP contribution < -0.4 is 11.1 Å². The summed E-state index contributed by atoms with van der Waals surface area (Å²) < 4.78 is 0. The largest absolute Gasteiger partial charge is 0.397 e. The van der Waals surface area contributed by atoms with E-state index in [2.05, 4.69) is 10.2 Å². The van der Waals surface area contributed by atoms with E-state index in [1.54, 1.807) is 0 Å². The zero-order valence-electron chi connectivity index (χ0n) is 14.0. The van der Waals surface area contributed by atoms with Crippen LogP contribution in [0.15, 0.2) is 24.3 Å². The van der Waals surface area contributed by atoms with Crippen LogP contribution in [0.1, 0.15) is 51.4 Å². The minimum absolute atomic E-state index is 0.147. The van der Waals surface area contributed by atoms with Crippen LogP contribution in [-0.4, -0.2) is 35.5 Å². The van der Waals surface area contributed by atoms with Crippen molar-refractivity contribution in [2.24, 2.45) is 0 Å². The molecule has 23 heavy (non-hydrogen) atoms. The number of nitrogens with zero attached hydrogens (tertiary/aromatic N) is 1. The molecule has 1 saturated carbocycles. The lowest BCUT2D eigenvalue weighted by Gasteiger charge is -2.41. The molecular weight excluding hydrogens is 306 g/mol. The van der Waals surface area contributed by atoms with Gasteiger partial charge in [-0.3, -0.25) is 4.90 Å². The number of hydrogen-bond donors (Lipinski definition) is 2. The van der Waals surface area contributed by atoms with Crippen molar-refractivity contribution in [2.45, 2.75) is 68.8 Å². The standard InChI is InChI=1S/C19H30ClN3/c20-16-14-23(15-8-4-2-1-3-5-9-15)13-12-18(16)22-19-11-7-6-10-17(19)21/h6-7,10-11,15-16,18,22H,1-5,8-9,12-14,21H2. The van der Waals surface area contributed by atoms with Gasteiger partial charge in [-0.05, 0) is 31.4 Å². The van der Waals surface area contributed by atoms with Crippen LogP contribution in [-0.2, 0) is 0 Å². The predicted molar refractivity (Wildman–Crippen MR) is 100 cm³/mol. The van der Waals surface area contributed by atoms with Crippen LogP contribution in [0.2, 0.25) is 0 Å². The van der Waals surface area contributed by atoms with Crippen molar-refractivity contribution in [1.29, 1.82) is 0 Å². The first-order valence-corrected chi connectivity index (χ1v) is 9.67. The van der Waals surface area contributed by atoms with Crippen molar-refractivity contribution in [3.8, 4) is 0 Å². The molecule has 1 saturated heterocycles. The minimum Gasteiger partial charge on any atom is -0.397 e. The van der Waals surface area contributed by atoms with E-state index in [4.69, 9.17) is 17.3 Å². The fraction of sp³-hybridized carbons (Fsp3) is 0.684. The van der Waals surface area contributed by atoms with Crippen LogP contribution in [0.4, 0.5) is 11.4 Å². The first-order chi connectivity index (χ1) is 11.2. The molecule has 2 fully saturated rings. The van der Waals surface area contributed by atoms with Crippen LogP contribution >= 0.6 is 11.6 Å². The number of nitrogens with one attached hydrogen (secondary N) is 1. The molecule has 0 radical (unpaired) electrons. The maximum atomic E-state index is 6.73. The van der Waals surface area contributed by atoms with Gasteiger partial charge < -0.3 is 11.1 Å². The van der Waals surface area contributed by atoms with Gasteiger partial charge in [-0.25, -0.2) is 0 Å². The Morgan fingerprint density at radius 2 is 1.70 bits per heavy atom. The maximum absolute atomic E-state index is 6.73. The summed E-state index contributed by atoms with van der Waals surface area (Å²) in [4.78, 5) is 2.65. The summed E-state index contributed by atoms with van der Waals surface area (Å²) in [6, 6.07) is 9.03. The fourth-order valence-corrected chi connectivity index (χ4v) is 4.42. The van der Waals surface area contributed by atoms with Crippen molar-refractivity contribution in [2.75, 3.05) is 24.1 Å². The molecule has 1 aliphatic carbocycles. The minimum atomic E-state index is 0.147. The second-order valence-electron chi connectivity index (χ2n) is 7.14. The molecule has 128 valence electrons. The van der Waals surface area contributed by atoms with Gasteiger partial charge in [0.05, 0.1) is 16.8 Å². The number of rotatable bonds is 3. The molecule has 0 amide bonds. The van der Waals surface area contributed by atoms with Crippen molar-refractivity contribution in [3.63, 3.8) is 0 Å². The first-order valence-electron chi connectivity index (χ1n) is 9.23. The number of piperidine rings is 1. The summed E-state index contributed by atoms with van der Waals surface area (Å²) in [5.74, 6) is 0. The van der Waals surface area contributed by atoms with E-state index in [1.165, 1.54) is 44.9 Å². The van der Waals surface area contributed by atoms with E-state index in [1.807, 2.05) is 24.3 Å². The van der Waals surface area contributed by atoms with Gasteiger partial charge >= 0.3 is 0 Å². The molecule has 4 heteroatoms. The Morgan fingerprint density at radius 1 is 1.00 bits per heavy atom. The molecule has 2 aliphatic rings. The van der Waals surface area contributed by atoms with E-state index in [0.29, 0.717) is 6.04 Å². The molecule has 3 N–H and O–H groups in total. The number of alkyl halides is 1. The molecule has 2 atom stereocenters. The van der Waals surface area contributed by atoms with Gasteiger partial charge in [0.15, 0.2) is 0 Å². The molecule has 1 aromatic carbocycles. The Hall–Kier alpha value is -0.930. The Balaban J connectivity index is 1.55. The van der Waals surface area contributed by atoms with E-state index < -0.39 is 0 Å². The summed E-state index contributed by atoms with van der Waals surface area (Å²) in [6.07, 6.45) is 10.8. The number of benzene rings is 1. The fourth-order valence-electron chi connectivity index (χ4n) is 4.05. The number of para-hydroxylation sites is 2. The third-order valence-electron chi connectivity index (χ3n) is 5.47. The molecule has 1 aromatic rings.